The van der Waals surface area contributed by atoms with Gasteiger partial charge in [0.15, 0.2) is 5.13 Å². The highest BCUT2D eigenvalue weighted by molar-refractivity contribution is 7.22. The van der Waals surface area contributed by atoms with E-state index in [1.165, 1.54) is 10.4 Å². The zero-order valence-electron chi connectivity index (χ0n) is 11.1. The number of hydrogen-bond donors (Lipinski definition) is 1. The second kappa shape index (κ2) is 5.01. The van der Waals surface area contributed by atoms with Gasteiger partial charge in [-0.15, -0.1) is 0 Å². The normalized spacial score (nSPS) is 11.1. The van der Waals surface area contributed by atoms with Crippen molar-refractivity contribution < 1.29 is 0 Å². The minimum absolute atomic E-state index is 0.835. The fourth-order valence-electron chi connectivity index (χ4n) is 2.12. The number of rotatable bonds is 4. The number of benzene rings is 1. The van der Waals surface area contributed by atoms with Gasteiger partial charge in [0.05, 0.1) is 22.5 Å². The summed E-state index contributed by atoms with van der Waals surface area (Å²) in [4.78, 5) is 4.55. The highest BCUT2D eigenvalue weighted by Gasteiger charge is 2.03. The number of aromatic nitrogens is 3. The van der Waals surface area contributed by atoms with E-state index >= 15 is 0 Å². The average Bonchev–Trinajstić information content (AvgIpc) is 2.92. The molecule has 1 N–H and O–H groups in total. The standard InChI is InChI=1S/C14H16N4S/c1-10-9-11(2)18(17-10)8-7-15-14-16-12-5-3-4-6-13(12)19-14/h3-6,9H,7-8H2,1-2H3,(H,15,16). The molecule has 0 unspecified atom stereocenters. The van der Waals surface area contributed by atoms with Crippen molar-refractivity contribution in [2.75, 3.05) is 11.9 Å². The molecule has 0 amide bonds. The van der Waals surface area contributed by atoms with Crippen molar-refractivity contribution >= 4 is 26.7 Å². The summed E-state index contributed by atoms with van der Waals surface area (Å²) in [7, 11) is 0. The van der Waals surface area contributed by atoms with Crippen molar-refractivity contribution in [1.82, 2.24) is 14.8 Å². The molecule has 3 aromatic rings. The lowest BCUT2D eigenvalue weighted by Crippen LogP contribution is -2.12. The lowest BCUT2D eigenvalue weighted by atomic mass is 10.3. The molecule has 0 bridgehead atoms. The predicted molar refractivity (Wildman–Crippen MR) is 79.8 cm³/mol. The fourth-order valence-corrected chi connectivity index (χ4v) is 3.01. The van der Waals surface area contributed by atoms with Gasteiger partial charge in [-0.05, 0) is 32.0 Å². The van der Waals surface area contributed by atoms with Gasteiger partial charge in [0.2, 0.25) is 0 Å². The van der Waals surface area contributed by atoms with Gasteiger partial charge in [-0.3, -0.25) is 4.68 Å². The molecule has 2 aromatic heterocycles. The number of nitrogens with zero attached hydrogens (tertiary/aromatic N) is 3. The van der Waals surface area contributed by atoms with E-state index in [-0.39, 0.29) is 0 Å². The molecule has 4 nitrogen and oxygen atoms in total. The monoisotopic (exact) mass is 272 g/mol. The third-order valence-electron chi connectivity index (χ3n) is 3.00. The maximum atomic E-state index is 4.55. The van der Waals surface area contributed by atoms with Gasteiger partial charge in [0.25, 0.3) is 0 Å². The van der Waals surface area contributed by atoms with Crippen molar-refractivity contribution in [1.29, 1.82) is 0 Å². The van der Waals surface area contributed by atoms with E-state index in [4.69, 9.17) is 0 Å². The summed E-state index contributed by atoms with van der Waals surface area (Å²) in [6.07, 6.45) is 0. The first-order chi connectivity index (χ1) is 9.22. The van der Waals surface area contributed by atoms with E-state index in [0.717, 1.165) is 29.4 Å². The van der Waals surface area contributed by atoms with Crippen LogP contribution in [0.1, 0.15) is 11.4 Å². The van der Waals surface area contributed by atoms with E-state index in [1.54, 1.807) is 11.3 Å². The Hall–Kier alpha value is -1.88. The first-order valence-electron chi connectivity index (χ1n) is 6.33. The van der Waals surface area contributed by atoms with Gasteiger partial charge < -0.3 is 5.32 Å². The van der Waals surface area contributed by atoms with E-state index in [1.807, 2.05) is 29.8 Å². The summed E-state index contributed by atoms with van der Waals surface area (Å²) in [6.45, 7) is 5.79. The molecule has 0 atom stereocenters. The SMILES string of the molecule is Cc1cc(C)n(CCNc2nc3ccccc3s2)n1. The Kier molecular flexibility index (Phi) is 3.21. The summed E-state index contributed by atoms with van der Waals surface area (Å²) >= 11 is 1.69. The van der Waals surface area contributed by atoms with E-state index < -0.39 is 0 Å². The van der Waals surface area contributed by atoms with Gasteiger partial charge in [-0.1, -0.05) is 23.5 Å². The van der Waals surface area contributed by atoms with E-state index in [0.29, 0.717) is 0 Å². The van der Waals surface area contributed by atoms with Crippen LogP contribution in [0.15, 0.2) is 30.3 Å². The van der Waals surface area contributed by atoms with Crippen LogP contribution in [0.5, 0.6) is 0 Å². The Morgan fingerprint density at radius 3 is 2.84 bits per heavy atom. The van der Waals surface area contributed by atoms with Gasteiger partial charge in [-0.25, -0.2) is 4.98 Å². The first kappa shape index (κ1) is 12.2. The number of aryl methyl sites for hydroxylation is 2. The van der Waals surface area contributed by atoms with Gasteiger partial charge in [0.1, 0.15) is 0 Å². The second-order valence-corrected chi connectivity index (χ2v) is 5.59. The summed E-state index contributed by atoms with van der Waals surface area (Å²) in [5, 5.41) is 8.78. The van der Waals surface area contributed by atoms with Crippen LogP contribution in [0.25, 0.3) is 10.2 Å². The molecule has 0 saturated carbocycles. The third-order valence-corrected chi connectivity index (χ3v) is 3.99. The summed E-state index contributed by atoms with van der Waals surface area (Å²) in [5.74, 6) is 0. The molecular formula is C14H16N4S. The summed E-state index contributed by atoms with van der Waals surface area (Å²) in [5.41, 5.74) is 3.32. The molecule has 0 spiro atoms. The highest BCUT2D eigenvalue weighted by Crippen LogP contribution is 2.25. The lowest BCUT2D eigenvalue weighted by molar-refractivity contribution is 0.615. The number of para-hydroxylation sites is 1. The molecule has 0 aliphatic heterocycles. The zero-order chi connectivity index (χ0) is 13.2. The van der Waals surface area contributed by atoms with Crippen LogP contribution < -0.4 is 5.32 Å². The van der Waals surface area contributed by atoms with Crippen molar-refractivity contribution in [3.63, 3.8) is 0 Å². The summed E-state index contributed by atoms with van der Waals surface area (Å²) in [6, 6.07) is 10.3. The lowest BCUT2D eigenvalue weighted by Gasteiger charge is -2.04. The molecule has 0 radical (unpaired) electrons. The number of hydrogen-bond acceptors (Lipinski definition) is 4. The second-order valence-electron chi connectivity index (χ2n) is 4.56. The number of anilines is 1. The molecule has 0 aliphatic carbocycles. The predicted octanol–water partition coefficient (Wildman–Crippen LogP) is 3.22. The van der Waals surface area contributed by atoms with Crippen molar-refractivity contribution in [2.45, 2.75) is 20.4 Å². The molecule has 0 fully saturated rings. The molecule has 0 saturated heterocycles. The average molecular weight is 272 g/mol. The van der Waals surface area contributed by atoms with Crippen LogP contribution in [-0.4, -0.2) is 21.3 Å². The first-order valence-corrected chi connectivity index (χ1v) is 7.14. The fraction of sp³-hybridized carbons (Fsp3) is 0.286. The minimum atomic E-state index is 0.835. The molecule has 19 heavy (non-hydrogen) atoms. The van der Waals surface area contributed by atoms with Crippen LogP contribution >= 0.6 is 11.3 Å². The van der Waals surface area contributed by atoms with Crippen LogP contribution in [0, 0.1) is 13.8 Å². The number of fused-ring (bicyclic) bond motifs is 1. The van der Waals surface area contributed by atoms with Crippen molar-refractivity contribution in [2.24, 2.45) is 0 Å². The Balaban J connectivity index is 1.64. The van der Waals surface area contributed by atoms with Crippen LogP contribution in [0.2, 0.25) is 0 Å². The maximum absolute atomic E-state index is 4.55. The number of thiazole rings is 1. The molecule has 0 aliphatic rings. The van der Waals surface area contributed by atoms with E-state index in [9.17, 15) is 0 Å². The third kappa shape index (κ3) is 2.61. The molecule has 2 heterocycles. The number of nitrogens with one attached hydrogen (secondary N) is 1. The maximum Gasteiger partial charge on any atom is 0.183 e. The van der Waals surface area contributed by atoms with Crippen LogP contribution in [0.3, 0.4) is 0 Å². The largest absolute Gasteiger partial charge is 0.360 e. The topological polar surface area (TPSA) is 42.7 Å². The van der Waals surface area contributed by atoms with Crippen molar-refractivity contribution in [3.05, 3.63) is 41.7 Å². The molecule has 3 rings (SSSR count). The van der Waals surface area contributed by atoms with Crippen LogP contribution in [-0.2, 0) is 6.54 Å². The van der Waals surface area contributed by atoms with Gasteiger partial charge in [-0.2, -0.15) is 5.10 Å². The van der Waals surface area contributed by atoms with E-state index in [2.05, 4.69) is 34.5 Å². The minimum Gasteiger partial charge on any atom is -0.360 e. The Morgan fingerprint density at radius 1 is 1.26 bits per heavy atom. The molecular weight excluding hydrogens is 256 g/mol. The highest BCUT2D eigenvalue weighted by atomic mass is 32.1. The Morgan fingerprint density at radius 2 is 2.11 bits per heavy atom. The van der Waals surface area contributed by atoms with Crippen LogP contribution in [0.4, 0.5) is 5.13 Å². The summed E-state index contributed by atoms with van der Waals surface area (Å²) < 4.78 is 3.24. The molecule has 1 aromatic carbocycles. The molecule has 98 valence electrons. The van der Waals surface area contributed by atoms with Gasteiger partial charge >= 0.3 is 0 Å². The molecule has 5 heteroatoms. The quantitative estimate of drug-likeness (QED) is 0.793. The van der Waals surface area contributed by atoms with Gasteiger partial charge in [0, 0.05) is 12.2 Å². The smallest absolute Gasteiger partial charge is 0.183 e. The Bertz CT molecular complexity index is 665. The van der Waals surface area contributed by atoms with Crippen molar-refractivity contribution in [3.8, 4) is 0 Å². The Labute approximate surface area is 116 Å². The zero-order valence-corrected chi connectivity index (χ0v) is 11.9.